The Hall–Kier alpha value is -2.88. The fourth-order valence-electron chi connectivity index (χ4n) is 3.44. The maximum absolute atomic E-state index is 13.3. The van der Waals surface area contributed by atoms with Gasteiger partial charge in [0, 0.05) is 12.6 Å². The van der Waals surface area contributed by atoms with Gasteiger partial charge in [0.2, 0.25) is 11.8 Å². The van der Waals surface area contributed by atoms with E-state index in [1.165, 1.54) is 6.07 Å². The van der Waals surface area contributed by atoms with Crippen molar-refractivity contribution in [3.63, 3.8) is 0 Å². The molecule has 1 aliphatic carbocycles. The predicted octanol–water partition coefficient (Wildman–Crippen LogP) is 2.92. The maximum Gasteiger partial charge on any atom is 0.332 e. The van der Waals surface area contributed by atoms with Crippen molar-refractivity contribution < 1.29 is 13.7 Å². The van der Waals surface area contributed by atoms with E-state index in [0.717, 1.165) is 37.8 Å². The van der Waals surface area contributed by atoms with Gasteiger partial charge in [-0.1, -0.05) is 6.07 Å². The topological polar surface area (TPSA) is 133 Å². The molecule has 0 bridgehead atoms. The molecule has 3 rings (SSSR count). The SMILES string of the molecule is Nc1nc(NCc2ccc(F)c(F)c2)nc(CC2CCC(N)CC2)c1[N+](=O)[O-]. The Morgan fingerprint density at radius 3 is 2.54 bits per heavy atom. The van der Waals surface area contributed by atoms with Gasteiger partial charge in [0.15, 0.2) is 11.6 Å². The van der Waals surface area contributed by atoms with Gasteiger partial charge in [-0.3, -0.25) is 10.1 Å². The molecular weight excluding hydrogens is 370 g/mol. The van der Waals surface area contributed by atoms with E-state index in [1.807, 2.05) is 0 Å². The van der Waals surface area contributed by atoms with Crippen LogP contribution in [0.25, 0.3) is 0 Å². The van der Waals surface area contributed by atoms with Crippen molar-refractivity contribution in [3.05, 3.63) is 51.2 Å². The summed E-state index contributed by atoms with van der Waals surface area (Å²) in [5, 5.41) is 14.3. The van der Waals surface area contributed by atoms with E-state index in [1.54, 1.807) is 0 Å². The summed E-state index contributed by atoms with van der Waals surface area (Å²) in [6.45, 7) is 0.117. The molecule has 1 aromatic heterocycles. The van der Waals surface area contributed by atoms with Crippen LogP contribution < -0.4 is 16.8 Å². The van der Waals surface area contributed by atoms with Gasteiger partial charge in [0.25, 0.3) is 0 Å². The molecule has 8 nitrogen and oxygen atoms in total. The van der Waals surface area contributed by atoms with Crippen LogP contribution in [0.5, 0.6) is 0 Å². The highest BCUT2D eigenvalue weighted by Crippen LogP contribution is 2.31. The molecule has 1 fully saturated rings. The zero-order valence-corrected chi connectivity index (χ0v) is 15.2. The lowest BCUT2D eigenvalue weighted by Crippen LogP contribution is -2.27. The predicted molar refractivity (Wildman–Crippen MR) is 100 cm³/mol. The summed E-state index contributed by atoms with van der Waals surface area (Å²) in [4.78, 5) is 19.1. The number of benzene rings is 1. The van der Waals surface area contributed by atoms with Crippen molar-refractivity contribution in [2.45, 2.75) is 44.7 Å². The highest BCUT2D eigenvalue weighted by atomic mass is 19.2. The number of rotatable bonds is 6. The van der Waals surface area contributed by atoms with E-state index in [0.29, 0.717) is 12.0 Å². The molecule has 28 heavy (non-hydrogen) atoms. The number of hydrogen-bond acceptors (Lipinski definition) is 7. The van der Waals surface area contributed by atoms with Crippen molar-refractivity contribution in [3.8, 4) is 0 Å². The zero-order valence-electron chi connectivity index (χ0n) is 15.2. The molecule has 2 aromatic rings. The van der Waals surface area contributed by atoms with Crippen molar-refractivity contribution in [1.82, 2.24) is 9.97 Å². The van der Waals surface area contributed by atoms with Gasteiger partial charge < -0.3 is 16.8 Å². The van der Waals surface area contributed by atoms with Gasteiger partial charge in [0.1, 0.15) is 5.69 Å². The number of nitrogens with one attached hydrogen (secondary N) is 1. The first-order chi connectivity index (χ1) is 13.3. The smallest absolute Gasteiger partial charge is 0.332 e. The number of halogens is 2. The van der Waals surface area contributed by atoms with Gasteiger partial charge in [-0.2, -0.15) is 4.98 Å². The Kier molecular flexibility index (Phi) is 5.98. The largest absolute Gasteiger partial charge is 0.378 e. The third kappa shape index (κ3) is 4.69. The van der Waals surface area contributed by atoms with Gasteiger partial charge in [-0.15, -0.1) is 0 Å². The van der Waals surface area contributed by atoms with Crippen LogP contribution in [0.15, 0.2) is 18.2 Å². The van der Waals surface area contributed by atoms with Crippen molar-refractivity contribution in [1.29, 1.82) is 0 Å². The molecule has 1 saturated carbocycles. The fourth-order valence-corrected chi connectivity index (χ4v) is 3.44. The molecule has 0 amide bonds. The minimum Gasteiger partial charge on any atom is -0.378 e. The lowest BCUT2D eigenvalue weighted by atomic mass is 9.83. The lowest BCUT2D eigenvalue weighted by Gasteiger charge is -2.25. The van der Waals surface area contributed by atoms with E-state index < -0.39 is 16.6 Å². The zero-order chi connectivity index (χ0) is 20.3. The number of nitro groups is 1. The Labute approximate surface area is 160 Å². The van der Waals surface area contributed by atoms with Crippen molar-refractivity contribution in [2.24, 2.45) is 11.7 Å². The Morgan fingerprint density at radius 1 is 1.18 bits per heavy atom. The Bertz CT molecular complexity index is 871. The van der Waals surface area contributed by atoms with Crippen LogP contribution in [0.3, 0.4) is 0 Å². The van der Waals surface area contributed by atoms with Crippen molar-refractivity contribution in [2.75, 3.05) is 11.1 Å². The van der Waals surface area contributed by atoms with E-state index in [2.05, 4.69) is 15.3 Å². The van der Waals surface area contributed by atoms with E-state index in [9.17, 15) is 18.9 Å². The first-order valence-electron chi connectivity index (χ1n) is 9.07. The third-order valence-corrected chi connectivity index (χ3v) is 4.97. The summed E-state index contributed by atoms with van der Waals surface area (Å²) in [6, 6.07) is 3.68. The second-order valence-electron chi connectivity index (χ2n) is 7.07. The van der Waals surface area contributed by atoms with E-state index >= 15 is 0 Å². The molecule has 1 heterocycles. The average molecular weight is 392 g/mol. The Balaban J connectivity index is 1.78. The van der Waals surface area contributed by atoms with Crippen LogP contribution in [-0.2, 0) is 13.0 Å². The highest BCUT2D eigenvalue weighted by Gasteiger charge is 2.27. The molecule has 0 aliphatic heterocycles. The summed E-state index contributed by atoms with van der Waals surface area (Å²) >= 11 is 0. The molecule has 0 saturated heterocycles. The van der Waals surface area contributed by atoms with Gasteiger partial charge in [-0.05, 0) is 55.7 Å². The molecule has 10 heteroatoms. The Morgan fingerprint density at radius 2 is 1.89 bits per heavy atom. The molecule has 1 aliphatic rings. The molecule has 0 spiro atoms. The van der Waals surface area contributed by atoms with Crippen LogP contribution in [0.4, 0.5) is 26.2 Å². The van der Waals surface area contributed by atoms with Gasteiger partial charge in [0.05, 0.1) is 4.92 Å². The number of nitrogen functional groups attached to an aromatic ring is 1. The van der Waals surface area contributed by atoms with Gasteiger partial charge in [-0.25, -0.2) is 13.8 Å². The molecule has 0 atom stereocenters. The minimum atomic E-state index is -0.959. The molecule has 1 aromatic carbocycles. The van der Waals surface area contributed by atoms with Crippen LogP contribution in [0.2, 0.25) is 0 Å². The second kappa shape index (κ2) is 8.42. The fraction of sp³-hybridized carbons (Fsp3) is 0.444. The monoisotopic (exact) mass is 392 g/mol. The standard InChI is InChI=1S/C18H22F2N6O2/c19-13-6-3-11(7-14(13)20)9-23-18-24-15(16(26(27)28)17(22)25-18)8-10-1-4-12(21)5-2-10/h3,6-7,10,12H,1-2,4-5,8-9,21H2,(H3,22,23,24,25). The van der Waals surface area contributed by atoms with E-state index in [-0.39, 0.29) is 41.7 Å². The number of nitrogens with zero attached hydrogens (tertiary/aromatic N) is 3. The first kappa shape index (κ1) is 19.9. The normalized spacial score (nSPS) is 19.4. The number of hydrogen-bond donors (Lipinski definition) is 3. The first-order valence-corrected chi connectivity index (χ1v) is 9.07. The molecule has 150 valence electrons. The molecule has 0 unspecified atom stereocenters. The second-order valence-corrected chi connectivity index (χ2v) is 7.07. The summed E-state index contributed by atoms with van der Waals surface area (Å²) in [5.41, 5.74) is 12.2. The summed E-state index contributed by atoms with van der Waals surface area (Å²) in [5.74, 6) is -1.77. The molecule has 0 radical (unpaired) electrons. The van der Waals surface area contributed by atoms with Crippen LogP contribution >= 0.6 is 0 Å². The van der Waals surface area contributed by atoms with Crippen LogP contribution in [0.1, 0.15) is 36.9 Å². The number of aromatic nitrogens is 2. The molecule has 5 N–H and O–H groups in total. The van der Waals surface area contributed by atoms with Crippen LogP contribution in [0, 0.1) is 27.7 Å². The minimum absolute atomic E-state index is 0.107. The lowest BCUT2D eigenvalue weighted by molar-refractivity contribution is -0.385. The summed E-state index contributed by atoms with van der Waals surface area (Å²) < 4.78 is 26.4. The highest BCUT2D eigenvalue weighted by molar-refractivity contribution is 5.58. The molecular formula is C18H22F2N6O2. The maximum atomic E-state index is 13.3. The van der Waals surface area contributed by atoms with Gasteiger partial charge >= 0.3 is 5.69 Å². The van der Waals surface area contributed by atoms with Crippen molar-refractivity contribution >= 4 is 17.5 Å². The third-order valence-electron chi connectivity index (χ3n) is 4.97. The van der Waals surface area contributed by atoms with Crippen LogP contribution in [-0.4, -0.2) is 20.9 Å². The number of nitrogens with two attached hydrogens (primary N) is 2. The van der Waals surface area contributed by atoms with E-state index in [4.69, 9.17) is 11.5 Å². The summed E-state index contributed by atoms with van der Waals surface area (Å²) in [7, 11) is 0. The average Bonchev–Trinajstić information content (AvgIpc) is 2.64. The number of anilines is 2. The quantitative estimate of drug-likeness (QED) is 0.508. The summed E-state index contributed by atoms with van der Waals surface area (Å²) in [6.07, 6.45) is 3.91.